The van der Waals surface area contributed by atoms with Gasteiger partial charge in [-0.15, -0.1) is 0 Å². The van der Waals surface area contributed by atoms with Crippen LogP contribution < -0.4 is 14.8 Å². The van der Waals surface area contributed by atoms with Crippen LogP contribution in [-0.2, 0) is 0 Å². The summed E-state index contributed by atoms with van der Waals surface area (Å²) in [5.41, 5.74) is 0.816. The molecular weight excluding hydrogens is 306 g/mol. The highest BCUT2D eigenvalue weighted by Gasteiger charge is 2.36. The molecule has 3 rings (SSSR count). The predicted molar refractivity (Wildman–Crippen MR) is 80.1 cm³/mol. The van der Waals surface area contributed by atoms with Gasteiger partial charge in [0.2, 0.25) is 0 Å². The monoisotopic (exact) mass is 326 g/mol. The third kappa shape index (κ3) is 3.04. The highest BCUT2D eigenvalue weighted by molar-refractivity contribution is 5.75. The minimum Gasteiger partial charge on any atom is -0.493 e. The zero-order chi connectivity index (χ0) is 16.4. The lowest BCUT2D eigenvalue weighted by Crippen LogP contribution is -2.47. The summed E-state index contributed by atoms with van der Waals surface area (Å²) in [6.45, 7) is 0.811. The van der Waals surface area contributed by atoms with E-state index in [4.69, 9.17) is 9.47 Å². The van der Waals surface area contributed by atoms with Crippen LogP contribution in [0.1, 0.15) is 30.9 Å². The van der Waals surface area contributed by atoms with Crippen molar-refractivity contribution in [2.45, 2.75) is 37.8 Å². The van der Waals surface area contributed by atoms with Crippen LogP contribution in [0.4, 0.5) is 13.6 Å². The van der Waals surface area contributed by atoms with E-state index in [1.165, 1.54) is 4.90 Å². The normalized spacial score (nSPS) is 23.4. The maximum atomic E-state index is 13.0. The van der Waals surface area contributed by atoms with E-state index in [2.05, 4.69) is 5.32 Å². The maximum Gasteiger partial charge on any atom is 0.318 e. The smallest absolute Gasteiger partial charge is 0.318 e. The van der Waals surface area contributed by atoms with E-state index >= 15 is 0 Å². The summed E-state index contributed by atoms with van der Waals surface area (Å²) in [4.78, 5) is 13.7. The van der Waals surface area contributed by atoms with Gasteiger partial charge in [-0.2, -0.15) is 0 Å². The van der Waals surface area contributed by atoms with Crippen LogP contribution in [0.5, 0.6) is 11.5 Å². The molecule has 1 unspecified atom stereocenters. The number of carbonyl (C=O) groups is 1. The molecule has 0 bridgehead atoms. The van der Waals surface area contributed by atoms with Crippen molar-refractivity contribution < 1.29 is 23.0 Å². The number of nitrogens with zero attached hydrogens (tertiary/aromatic N) is 1. The van der Waals surface area contributed by atoms with Gasteiger partial charge in [0.05, 0.1) is 25.8 Å². The number of fused-ring (bicyclic) bond motifs is 1. The first-order chi connectivity index (χ1) is 11.1. The van der Waals surface area contributed by atoms with Crippen molar-refractivity contribution in [3.8, 4) is 11.5 Å². The number of likely N-dealkylation sites (tertiary alicyclic amines) is 1. The molecular formula is C16H20F2N2O3. The van der Waals surface area contributed by atoms with Gasteiger partial charge in [0.25, 0.3) is 6.43 Å². The Morgan fingerprint density at radius 1 is 1.43 bits per heavy atom. The van der Waals surface area contributed by atoms with Crippen molar-refractivity contribution in [2.24, 2.45) is 0 Å². The van der Waals surface area contributed by atoms with Gasteiger partial charge in [0, 0.05) is 18.5 Å². The zero-order valence-electron chi connectivity index (χ0n) is 12.9. The van der Waals surface area contributed by atoms with Crippen LogP contribution in [0.25, 0.3) is 0 Å². The van der Waals surface area contributed by atoms with Gasteiger partial charge in [-0.3, -0.25) is 0 Å². The van der Waals surface area contributed by atoms with Crippen molar-refractivity contribution >= 4 is 6.03 Å². The van der Waals surface area contributed by atoms with Crippen molar-refractivity contribution in [2.75, 3.05) is 20.3 Å². The van der Waals surface area contributed by atoms with E-state index < -0.39 is 18.5 Å². The SMILES string of the molecule is COc1cccc2c1OCCC2NC(=O)N1CCC[C@H]1C(F)F. The van der Waals surface area contributed by atoms with E-state index in [0.29, 0.717) is 43.9 Å². The van der Waals surface area contributed by atoms with E-state index in [1.807, 2.05) is 12.1 Å². The van der Waals surface area contributed by atoms with Gasteiger partial charge in [-0.1, -0.05) is 12.1 Å². The second-order valence-electron chi connectivity index (χ2n) is 5.76. The Kier molecular flexibility index (Phi) is 4.54. The molecule has 1 aromatic carbocycles. The van der Waals surface area contributed by atoms with Crippen LogP contribution >= 0.6 is 0 Å². The third-order valence-corrected chi connectivity index (χ3v) is 4.41. The quantitative estimate of drug-likeness (QED) is 0.929. The van der Waals surface area contributed by atoms with Gasteiger partial charge in [0.15, 0.2) is 11.5 Å². The van der Waals surface area contributed by atoms with Crippen LogP contribution in [0.3, 0.4) is 0 Å². The molecule has 0 aromatic heterocycles. The number of halogens is 2. The molecule has 2 aliphatic heterocycles. The Hall–Kier alpha value is -2.05. The lowest BCUT2D eigenvalue weighted by Gasteiger charge is -2.31. The van der Waals surface area contributed by atoms with E-state index in [9.17, 15) is 13.6 Å². The number of benzene rings is 1. The molecule has 0 aliphatic carbocycles. The molecule has 126 valence electrons. The number of amides is 2. The minimum atomic E-state index is -2.51. The topological polar surface area (TPSA) is 50.8 Å². The Bertz CT molecular complexity index is 582. The number of alkyl halides is 2. The molecule has 0 radical (unpaired) electrons. The molecule has 1 fully saturated rings. The third-order valence-electron chi connectivity index (χ3n) is 4.41. The van der Waals surface area contributed by atoms with Crippen molar-refractivity contribution in [3.63, 3.8) is 0 Å². The average molecular weight is 326 g/mol. The Morgan fingerprint density at radius 3 is 3.00 bits per heavy atom. The van der Waals surface area contributed by atoms with Gasteiger partial charge in [-0.05, 0) is 18.9 Å². The van der Waals surface area contributed by atoms with Crippen molar-refractivity contribution in [1.29, 1.82) is 0 Å². The van der Waals surface area contributed by atoms with Crippen LogP contribution in [0, 0.1) is 0 Å². The molecule has 2 amide bonds. The summed E-state index contributed by atoms with van der Waals surface area (Å²) >= 11 is 0. The first-order valence-corrected chi connectivity index (χ1v) is 7.76. The number of hydrogen-bond donors (Lipinski definition) is 1. The summed E-state index contributed by atoms with van der Waals surface area (Å²) in [6.07, 6.45) is -0.950. The van der Waals surface area contributed by atoms with Gasteiger partial charge >= 0.3 is 6.03 Å². The number of hydrogen-bond acceptors (Lipinski definition) is 3. The summed E-state index contributed by atoms with van der Waals surface area (Å²) < 4.78 is 36.9. The summed E-state index contributed by atoms with van der Waals surface area (Å²) in [7, 11) is 1.55. The molecule has 23 heavy (non-hydrogen) atoms. The highest BCUT2D eigenvalue weighted by Crippen LogP contribution is 2.39. The zero-order valence-corrected chi connectivity index (χ0v) is 12.9. The summed E-state index contributed by atoms with van der Waals surface area (Å²) in [5, 5.41) is 2.87. The predicted octanol–water partition coefficient (Wildman–Crippen LogP) is 2.96. The number of rotatable bonds is 3. The number of nitrogens with one attached hydrogen (secondary N) is 1. The fraction of sp³-hybridized carbons (Fsp3) is 0.562. The first kappa shape index (κ1) is 15.8. The molecule has 2 aliphatic rings. The molecule has 7 heteroatoms. The molecule has 2 heterocycles. The molecule has 1 saturated heterocycles. The molecule has 0 spiro atoms. The van der Waals surface area contributed by atoms with Crippen LogP contribution in [-0.4, -0.2) is 43.7 Å². The van der Waals surface area contributed by atoms with Gasteiger partial charge in [-0.25, -0.2) is 13.6 Å². The van der Waals surface area contributed by atoms with Crippen LogP contribution in [0.15, 0.2) is 18.2 Å². The fourth-order valence-corrected chi connectivity index (χ4v) is 3.25. The maximum absolute atomic E-state index is 13.0. The number of para-hydroxylation sites is 1. The Balaban J connectivity index is 1.76. The van der Waals surface area contributed by atoms with Crippen LogP contribution in [0.2, 0.25) is 0 Å². The van der Waals surface area contributed by atoms with E-state index in [1.54, 1.807) is 13.2 Å². The number of methoxy groups -OCH3 is 1. The minimum absolute atomic E-state index is 0.264. The van der Waals surface area contributed by atoms with Crippen molar-refractivity contribution in [3.05, 3.63) is 23.8 Å². The second kappa shape index (κ2) is 6.60. The number of ether oxygens (including phenoxy) is 2. The van der Waals surface area contributed by atoms with Gasteiger partial charge in [0.1, 0.15) is 0 Å². The summed E-state index contributed by atoms with van der Waals surface area (Å²) in [6, 6.07) is 3.78. The highest BCUT2D eigenvalue weighted by atomic mass is 19.3. The Morgan fingerprint density at radius 2 is 2.26 bits per heavy atom. The molecule has 5 nitrogen and oxygen atoms in total. The van der Waals surface area contributed by atoms with E-state index in [0.717, 1.165) is 5.56 Å². The lowest BCUT2D eigenvalue weighted by molar-refractivity contribution is 0.0595. The second-order valence-corrected chi connectivity index (χ2v) is 5.76. The molecule has 0 saturated carbocycles. The van der Waals surface area contributed by atoms with Gasteiger partial charge < -0.3 is 19.7 Å². The Labute approximate surface area is 133 Å². The number of carbonyl (C=O) groups excluding carboxylic acids is 1. The molecule has 1 aromatic rings. The first-order valence-electron chi connectivity index (χ1n) is 7.76. The molecule has 2 atom stereocenters. The fourth-order valence-electron chi connectivity index (χ4n) is 3.25. The van der Waals surface area contributed by atoms with E-state index in [-0.39, 0.29) is 6.04 Å². The largest absolute Gasteiger partial charge is 0.493 e. The number of urea groups is 1. The summed E-state index contributed by atoms with van der Waals surface area (Å²) in [5.74, 6) is 1.21. The standard InChI is InChI=1S/C16H20F2N2O3/c1-22-13-6-2-4-10-11(7-9-23-14(10)13)19-16(21)20-8-3-5-12(20)15(17)18/h2,4,6,11-12,15H,3,5,7-9H2,1H3,(H,19,21)/t11?,12-/m0/s1. The molecule has 1 N–H and O–H groups in total. The van der Waals surface area contributed by atoms with Crippen molar-refractivity contribution in [1.82, 2.24) is 10.2 Å². The average Bonchev–Trinajstić information content (AvgIpc) is 3.04. The lowest BCUT2D eigenvalue weighted by atomic mass is 10.00.